The van der Waals surface area contributed by atoms with Crippen LogP contribution in [0.1, 0.15) is 284 Å². The van der Waals surface area contributed by atoms with E-state index in [1.165, 1.54) is 257 Å². The molecule has 0 heterocycles. The van der Waals surface area contributed by atoms with Crippen molar-refractivity contribution in [1.29, 1.82) is 0 Å². The maximum atomic E-state index is 12.8. The fourth-order valence-corrected chi connectivity index (χ4v) is 7.87. The molecule has 0 saturated heterocycles. The fraction of sp³-hybridized carbons (Fsp3) is 1.00. The van der Waals surface area contributed by atoms with Crippen LogP contribution in [0.2, 0.25) is 0 Å². The van der Waals surface area contributed by atoms with Crippen LogP contribution in [0, 0.1) is 5.21 Å². The highest BCUT2D eigenvalue weighted by Gasteiger charge is 2.09. The summed E-state index contributed by atoms with van der Waals surface area (Å²) >= 11 is 0. The van der Waals surface area contributed by atoms with Gasteiger partial charge in [-0.15, -0.1) is 0 Å². The minimum atomic E-state index is -0.00174. The lowest BCUT2D eigenvalue weighted by molar-refractivity contribution is -0.861. The fourth-order valence-electron chi connectivity index (χ4n) is 7.87. The standard InChI is InChI=1S/C47H97NO/c1-4-6-8-10-12-14-16-18-20-22-24-26-28-30-32-34-36-38-40-42-44-46-48(3,49)47-45-43-41-39-37-35-33-31-29-27-25-23-21-19-17-15-13-11-9-7-5-2/h4-47H2,1-3H3. The number of nitrogens with zero attached hydrogens (tertiary/aromatic N) is 1. The van der Waals surface area contributed by atoms with Crippen LogP contribution in [0.25, 0.3) is 0 Å². The summed E-state index contributed by atoms with van der Waals surface area (Å²) in [5.41, 5.74) is 0. The molecule has 0 fully saturated rings. The normalized spacial score (nSPS) is 12.0. The second-order valence-corrected chi connectivity index (χ2v) is 16.9. The third-order valence-electron chi connectivity index (χ3n) is 11.5. The van der Waals surface area contributed by atoms with Crippen LogP contribution in [-0.4, -0.2) is 24.8 Å². The van der Waals surface area contributed by atoms with Crippen molar-refractivity contribution >= 4 is 0 Å². The zero-order valence-corrected chi connectivity index (χ0v) is 35.0. The van der Waals surface area contributed by atoms with Crippen molar-refractivity contribution in [2.45, 2.75) is 284 Å². The van der Waals surface area contributed by atoms with E-state index in [4.69, 9.17) is 0 Å². The molecule has 0 rings (SSSR count). The minimum absolute atomic E-state index is 0.00174. The van der Waals surface area contributed by atoms with Crippen molar-refractivity contribution in [3.63, 3.8) is 0 Å². The van der Waals surface area contributed by atoms with Crippen molar-refractivity contribution in [3.8, 4) is 0 Å². The average Bonchev–Trinajstić information content (AvgIpc) is 3.09. The first-order valence-corrected chi connectivity index (χ1v) is 23.7. The van der Waals surface area contributed by atoms with Gasteiger partial charge in [-0.3, -0.25) is 0 Å². The summed E-state index contributed by atoms with van der Waals surface area (Å²) in [6.45, 7) is 6.27. The van der Waals surface area contributed by atoms with Crippen LogP contribution >= 0.6 is 0 Å². The SMILES string of the molecule is CCCCCCCCCCCCCCCCCCCCCCC[N+](C)([O-])CCCCCCCCCCCCCCCCCCCCCCC. The largest absolute Gasteiger partial charge is 0.633 e. The topological polar surface area (TPSA) is 23.1 Å². The van der Waals surface area contributed by atoms with Gasteiger partial charge >= 0.3 is 0 Å². The highest BCUT2D eigenvalue weighted by atomic mass is 16.5. The molecule has 0 unspecified atom stereocenters. The molecule has 0 aliphatic carbocycles. The van der Waals surface area contributed by atoms with Crippen LogP contribution in [0.3, 0.4) is 0 Å². The van der Waals surface area contributed by atoms with Crippen molar-refractivity contribution in [1.82, 2.24) is 0 Å². The maximum Gasteiger partial charge on any atom is 0.0781 e. The molecule has 0 bridgehead atoms. The van der Waals surface area contributed by atoms with E-state index in [1.54, 1.807) is 0 Å². The number of rotatable bonds is 44. The average molecular weight is 692 g/mol. The molecule has 0 radical (unpaired) electrons. The van der Waals surface area contributed by atoms with Crippen LogP contribution in [-0.2, 0) is 0 Å². The first-order valence-electron chi connectivity index (χ1n) is 23.7. The van der Waals surface area contributed by atoms with Crippen LogP contribution < -0.4 is 0 Å². The molecule has 0 atom stereocenters. The van der Waals surface area contributed by atoms with Gasteiger partial charge in [0.05, 0.1) is 20.1 Å². The quantitative estimate of drug-likeness (QED) is 0.0354. The molecule has 0 amide bonds. The van der Waals surface area contributed by atoms with E-state index < -0.39 is 0 Å². The molecule has 0 aromatic rings. The molecule has 0 aliphatic rings. The van der Waals surface area contributed by atoms with E-state index in [-0.39, 0.29) is 4.65 Å². The van der Waals surface area contributed by atoms with Gasteiger partial charge in [0.15, 0.2) is 0 Å². The van der Waals surface area contributed by atoms with Gasteiger partial charge in [0, 0.05) is 0 Å². The summed E-state index contributed by atoms with van der Waals surface area (Å²) in [5, 5.41) is 12.8. The summed E-state index contributed by atoms with van der Waals surface area (Å²) in [7, 11) is 1.92. The Morgan fingerprint density at radius 3 is 0.490 bits per heavy atom. The molecule has 0 saturated carbocycles. The maximum absolute atomic E-state index is 12.8. The van der Waals surface area contributed by atoms with Crippen LogP contribution in [0.15, 0.2) is 0 Å². The van der Waals surface area contributed by atoms with Crippen molar-refractivity contribution in [3.05, 3.63) is 5.21 Å². The molecular formula is C47H97NO. The smallest absolute Gasteiger partial charge is 0.0781 e. The second-order valence-electron chi connectivity index (χ2n) is 16.9. The van der Waals surface area contributed by atoms with Gasteiger partial charge < -0.3 is 9.85 Å². The highest BCUT2D eigenvalue weighted by molar-refractivity contribution is 4.54. The van der Waals surface area contributed by atoms with Gasteiger partial charge in [-0.05, 0) is 25.7 Å². The Hall–Kier alpha value is -0.0800. The lowest BCUT2D eigenvalue weighted by Crippen LogP contribution is -2.39. The molecule has 0 aromatic heterocycles. The summed E-state index contributed by atoms with van der Waals surface area (Å²) in [4.78, 5) is 0. The summed E-state index contributed by atoms with van der Waals surface area (Å²) < 4.78 is -0.00174. The summed E-state index contributed by atoms with van der Waals surface area (Å²) in [6.07, 6.45) is 59.5. The Balaban J connectivity index is 3.24. The van der Waals surface area contributed by atoms with Crippen molar-refractivity contribution < 1.29 is 4.65 Å². The zero-order chi connectivity index (χ0) is 35.6. The number of hydroxylamine groups is 3. The predicted octanol–water partition coefficient (Wildman–Crippen LogP) is 17.4. The lowest BCUT2D eigenvalue weighted by Gasteiger charge is -2.39. The molecule has 2 heteroatoms. The summed E-state index contributed by atoms with van der Waals surface area (Å²) in [6, 6.07) is 0. The monoisotopic (exact) mass is 692 g/mol. The van der Waals surface area contributed by atoms with Gasteiger partial charge in [-0.2, -0.15) is 0 Å². The molecular weight excluding hydrogens is 595 g/mol. The van der Waals surface area contributed by atoms with E-state index in [0.29, 0.717) is 0 Å². The molecule has 2 nitrogen and oxygen atoms in total. The second kappa shape index (κ2) is 42.3. The van der Waals surface area contributed by atoms with E-state index >= 15 is 0 Å². The van der Waals surface area contributed by atoms with Crippen LogP contribution in [0.5, 0.6) is 0 Å². The third-order valence-corrected chi connectivity index (χ3v) is 11.5. The molecule has 0 aromatic carbocycles. The van der Waals surface area contributed by atoms with Crippen molar-refractivity contribution in [2.24, 2.45) is 0 Å². The Kier molecular flexibility index (Phi) is 42.3. The van der Waals surface area contributed by atoms with Gasteiger partial charge in [0.1, 0.15) is 0 Å². The number of quaternary nitrogens is 1. The third kappa shape index (κ3) is 44.0. The van der Waals surface area contributed by atoms with Crippen molar-refractivity contribution in [2.75, 3.05) is 20.1 Å². The molecule has 296 valence electrons. The first kappa shape index (κ1) is 48.9. The Morgan fingerprint density at radius 1 is 0.224 bits per heavy atom. The number of hydrogen-bond donors (Lipinski definition) is 0. The first-order chi connectivity index (χ1) is 24.1. The Morgan fingerprint density at radius 2 is 0.347 bits per heavy atom. The number of hydrogen-bond acceptors (Lipinski definition) is 1. The predicted molar refractivity (Wildman–Crippen MR) is 225 cm³/mol. The molecule has 0 aliphatic heterocycles. The van der Waals surface area contributed by atoms with E-state index in [0.717, 1.165) is 25.9 Å². The lowest BCUT2D eigenvalue weighted by atomic mass is 10.0. The highest BCUT2D eigenvalue weighted by Crippen LogP contribution is 2.18. The Bertz CT molecular complexity index is 526. The van der Waals surface area contributed by atoms with Crippen LogP contribution in [0.4, 0.5) is 0 Å². The minimum Gasteiger partial charge on any atom is -0.633 e. The van der Waals surface area contributed by atoms with E-state index in [2.05, 4.69) is 13.8 Å². The molecule has 49 heavy (non-hydrogen) atoms. The van der Waals surface area contributed by atoms with Gasteiger partial charge in [0.2, 0.25) is 0 Å². The van der Waals surface area contributed by atoms with Gasteiger partial charge in [-0.1, -0.05) is 258 Å². The summed E-state index contributed by atoms with van der Waals surface area (Å²) in [5.74, 6) is 0. The van der Waals surface area contributed by atoms with Gasteiger partial charge in [-0.25, -0.2) is 0 Å². The van der Waals surface area contributed by atoms with Gasteiger partial charge in [0.25, 0.3) is 0 Å². The Labute approximate surface area is 312 Å². The molecule has 0 N–H and O–H groups in total. The van der Waals surface area contributed by atoms with E-state index in [1.807, 2.05) is 7.05 Å². The van der Waals surface area contributed by atoms with E-state index in [9.17, 15) is 5.21 Å². The molecule has 0 spiro atoms. The number of unbranched alkanes of at least 4 members (excludes halogenated alkanes) is 40. The zero-order valence-electron chi connectivity index (χ0n) is 35.0.